The summed E-state index contributed by atoms with van der Waals surface area (Å²) in [6.45, 7) is 4.51. The Morgan fingerprint density at radius 2 is 2.00 bits per heavy atom. The van der Waals surface area contributed by atoms with Gasteiger partial charge >= 0.3 is 0 Å². The third-order valence-electron chi connectivity index (χ3n) is 7.62. The van der Waals surface area contributed by atoms with E-state index in [1.54, 1.807) is 0 Å². The second-order valence-electron chi connectivity index (χ2n) is 8.18. The minimum atomic E-state index is -0.447. The normalized spacial score (nSPS) is 43.3. The van der Waals surface area contributed by atoms with E-state index < -0.39 is 5.60 Å². The molecule has 0 bridgehead atoms. The molecule has 4 rings (SSSR count). The van der Waals surface area contributed by atoms with Crippen LogP contribution in [0.4, 0.5) is 0 Å². The zero-order valence-corrected chi connectivity index (χ0v) is 13.8. The zero-order chi connectivity index (χ0) is 15.5. The first-order valence-corrected chi connectivity index (χ1v) is 9.03. The average molecular weight is 300 g/mol. The van der Waals surface area contributed by atoms with Crippen LogP contribution in [-0.4, -0.2) is 15.8 Å². The number of phenolic OH excluding ortho intramolecular Hbond substituents is 1. The lowest BCUT2D eigenvalue weighted by Gasteiger charge is -2.53. The van der Waals surface area contributed by atoms with Crippen molar-refractivity contribution in [1.82, 2.24) is 0 Å². The molecule has 2 N–H and O–H groups in total. The molecule has 1 aromatic carbocycles. The molecule has 0 heterocycles. The maximum absolute atomic E-state index is 11.1. The van der Waals surface area contributed by atoms with Crippen molar-refractivity contribution in [3.63, 3.8) is 0 Å². The van der Waals surface area contributed by atoms with E-state index in [9.17, 15) is 10.2 Å². The van der Waals surface area contributed by atoms with E-state index in [1.807, 2.05) is 12.1 Å². The van der Waals surface area contributed by atoms with E-state index in [1.165, 1.54) is 30.4 Å². The van der Waals surface area contributed by atoms with Crippen molar-refractivity contribution in [1.29, 1.82) is 0 Å². The van der Waals surface area contributed by atoms with E-state index in [0.29, 0.717) is 17.6 Å². The number of hydrogen-bond donors (Lipinski definition) is 2. The van der Waals surface area contributed by atoms with Gasteiger partial charge in [-0.3, -0.25) is 0 Å². The first-order valence-electron chi connectivity index (χ1n) is 9.03. The smallest absolute Gasteiger partial charge is 0.115 e. The molecule has 0 amide bonds. The molecule has 0 radical (unpaired) electrons. The third kappa shape index (κ3) is 1.76. The van der Waals surface area contributed by atoms with Crippen molar-refractivity contribution in [3.8, 4) is 5.75 Å². The molecule has 1 aromatic rings. The van der Waals surface area contributed by atoms with Crippen LogP contribution in [0.15, 0.2) is 18.2 Å². The van der Waals surface area contributed by atoms with E-state index in [0.717, 1.165) is 31.6 Å². The van der Waals surface area contributed by atoms with Gasteiger partial charge in [0.25, 0.3) is 0 Å². The maximum atomic E-state index is 11.1. The lowest BCUT2D eigenvalue weighted by atomic mass is 9.53. The molecule has 2 heteroatoms. The Balaban J connectivity index is 1.70. The molecule has 2 nitrogen and oxygen atoms in total. The lowest BCUT2D eigenvalue weighted by molar-refractivity contribution is -0.104. The Bertz CT molecular complexity index is 595. The predicted octanol–water partition coefficient (Wildman–Crippen LogP) is 4.39. The van der Waals surface area contributed by atoms with Crippen molar-refractivity contribution < 1.29 is 10.2 Å². The monoisotopic (exact) mass is 300 g/mol. The van der Waals surface area contributed by atoms with Crippen LogP contribution in [0.2, 0.25) is 0 Å². The van der Waals surface area contributed by atoms with Gasteiger partial charge in [0.15, 0.2) is 0 Å². The van der Waals surface area contributed by atoms with Crippen LogP contribution in [0.5, 0.6) is 5.75 Å². The van der Waals surface area contributed by atoms with Crippen molar-refractivity contribution in [2.45, 2.75) is 70.3 Å². The first kappa shape index (κ1) is 14.6. The Morgan fingerprint density at radius 3 is 2.77 bits per heavy atom. The fraction of sp³-hybridized carbons (Fsp3) is 0.700. The molecular formula is C20H28O2. The molecule has 0 aliphatic heterocycles. The van der Waals surface area contributed by atoms with Crippen LogP contribution in [0, 0.1) is 17.3 Å². The summed E-state index contributed by atoms with van der Waals surface area (Å²) in [5.74, 6) is 2.43. The van der Waals surface area contributed by atoms with Gasteiger partial charge in [-0.05, 0) is 91.4 Å². The number of hydrogen-bond acceptors (Lipinski definition) is 2. The first-order chi connectivity index (χ1) is 10.5. The highest BCUT2D eigenvalue weighted by molar-refractivity contribution is 5.40. The second kappa shape index (κ2) is 4.74. The molecule has 3 aliphatic rings. The summed E-state index contributed by atoms with van der Waals surface area (Å²) >= 11 is 0. The van der Waals surface area contributed by atoms with Gasteiger partial charge in [-0.2, -0.15) is 0 Å². The highest BCUT2D eigenvalue weighted by atomic mass is 16.3. The minimum Gasteiger partial charge on any atom is -0.508 e. The summed E-state index contributed by atoms with van der Waals surface area (Å²) in [4.78, 5) is 0. The van der Waals surface area contributed by atoms with Gasteiger partial charge in [-0.15, -0.1) is 0 Å². The summed E-state index contributed by atoms with van der Waals surface area (Å²) in [5, 5.41) is 20.9. The Labute approximate surface area is 133 Å². The summed E-state index contributed by atoms with van der Waals surface area (Å²) in [6, 6.07) is 5.98. The van der Waals surface area contributed by atoms with Crippen LogP contribution in [0.1, 0.15) is 69.4 Å². The summed E-state index contributed by atoms with van der Waals surface area (Å²) in [6.07, 6.45) is 7.71. The van der Waals surface area contributed by atoms with Gasteiger partial charge < -0.3 is 10.2 Å². The van der Waals surface area contributed by atoms with Crippen molar-refractivity contribution in [3.05, 3.63) is 29.3 Å². The Morgan fingerprint density at radius 1 is 1.18 bits per heavy atom. The van der Waals surface area contributed by atoms with Gasteiger partial charge in [0.1, 0.15) is 5.75 Å². The fourth-order valence-electron chi connectivity index (χ4n) is 6.26. The van der Waals surface area contributed by atoms with Crippen molar-refractivity contribution in [2.24, 2.45) is 17.3 Å². The van der Waals surface area contributed by atoms with Crippen LogP contribution in [-0.2, 0) is 6.42 Å². The van der Waals surface area contributed by atoms with Gasteiger partial charge in [0, 0.05) is 0 Å². The molecule has 0 saturated heterocycles. The second-order valence-corrected chi connectivity index (χ2v) is 8.18. The maximum Gasteiger partial charge on any atom is 0.115 e. The Hall–Kier alpha value is -1.02. The van der Waals surface area contributed by atoms with E-state index in [-0.39, 0.29) is 5.41 Å². The number of aliphatic hydroxyl groups is 1. The number of benzene rings is 1. The number of phenols is 1. The molecule has 0 spiro atoms. The predicted molar refractivity (Wildman–Crippen MR) is 88.0 cm³/mol. The molecule has 22 heavy (non-hydrogen) atoms. The number of aryl methyl sites for hydroxylation is 1. The molecular weight excluding hydrogens is 272 g/mol. The van der Waals surface area contributed by atoms with E-state index >= 15 is 0 Å². The third-order valence-corrected chi connectivity index (χ3v) is 7.62. The van der Waals surface area contributed by atoms with E-state index in [2.05, 4.69) is 19.9 Å². The highest BCUT2D eigenvalue weighted by Crippen LogP contribution is 2.64. The zero-order valence-electron chi connectivity index (χ0n) is 13.8. The summed E-state index contributed by atoms with van der Waals surface area (Å²) in [5.41, 5.74) is 2.49. The van der Waals surface area contributed by atoms with Gasteiger partial charge in [0.2, 0.25) is 0 Å². The minimum absolute atomic E-state index is 0.108. The topological polar surface area (TPSA) is 40.5 Å². The van der Waals surface area contributed by atoms with Gasteiger partial charge in [-0.25, -0.2) is 0 Å². The molecule has 2 saturated carbocycles. The quantitative estimate of drug-likeness (QED) is 0.807. The van der Waals surface area contributed by atoms with Crippen LogP contribution in [0.25, 0.3) is 0 Å². The summed E-state index contributed by atoms with van der Waals surface area (Å²) in [7, 11) is 0. The van der Waals surface area contributed by atoms with Crippen LogP contribution >= 0.6 is 0 Å². The number of fused-ring (bicyclic) bond motifs is 5. The molecule has 0 aromatic heterocycles. The van der Waals surface area contributed by atoms with Crippen molar-refractivity contribution >= 4 is 0 Å². The molecule has 5 atom stereocenters. The largest absolute Gasteiger partial charge is 0.508 e. The van der Waals surface area contributed by atoms with Gasteiger partial charge in [0.05, 0.1) is 5.60 Å². The van der Waals surface area contributed by atoms with Gasteiger partial charge in [-0.1, -0.05) is 19.9 Å². The lowest BCUT2D eigenvalue weighted by Crippen LogP contribution is -2.50. The standard InChI is InChI=1S/C20H28O2/c1-3-20(22)11-9-18-17-6-4-13-12-14(21)5-7-15(13)16(17)8-10-19(18,20)2/h5,7,12,16-18,21-22H,3-4,6,8-11H2,1-2H3/t16-,17+,18+,19-,20-/m0/s1. The average Bonchev–Trinajstić information content (AvgIpc) is 2.79. The van der Waals surface area contributed by atoms with E-state index in [4.69, 9.17) is 0 Å². The van der Waals surface area contributed by atoms with Crippen molar-refractivity contribution in [2.75, 3.05) is 0 Å². The van der Waals surface area contributed by atoms with Crippen LogP contribution < -0.4 is 0 Å². The molecule has 0 unspecified atom stereocenters. The molecule has 3 aliphatic carbocycles. The number of rotatable bonds is 1. The molecule has 120 valence electrons. The SMILES string of the molecule is CC[C@]1(O)CC[C@@H]2[C@@H]3CCc4cc(O)ccc4[C@@H]3CC[C@@]21C. The highest BCUT2D eigenvalue weighted by Gasteiger charge is 2.60. The van der Waals surface area contributed by atoms with Crippen LogP contribution in [0.3, 0.4) is 0 Å². The summed E-state index contributed by atoms with van der Waals surface area (Å²) < 4.78 is 0. The Kier molecular flexibility index (Phi) is 3.14. The number of aromatic hydroxyl groups is 1. The fourth-order valence-corrected chi connectivity index (χ4v) is 6.26. The molecule has 2 fully saturated rings.